The Morgan fingerprint density at radius 3 is 2.15 bits per heavy atom. The van der Waals surface area contributed by atoms with Gasteiger partial charge in [-0.05, 0) is 6.42 Å². The van der Waals surface area contributed by atoms with E-state index in [1.807, 2.05) is 26.6 Å². The molecule has 78 valence electrons. The number of hydrogen-bond donors (Lipinski definition) is 2. The lowest BCUT2D eigenvalue weighted by molar-refractivity contribution is -0.126. The minimum Gasteiger partial charge on any atom is -0.390 e. The number of aliphatic hydroxyl groups is 2. The Balaban J connectivity index is 4.72. The van der Waals surface area contributed by atoms with Crippen molar-refractivity contribution in [2.45, 2.75) is 50.7 Å². The summed E-state index contributed by atoms with van der Waals surface area (Å²) in [7, 11) is -2.07. The maximum atomic E-state index is 10.8. The van der Waals surface area contributed by atoms with E-state index in [0.717, 1.165) is 6.42 Å². The molecule has 0 fully saturated rings. The van der Waals surface area contributed by atoms with Gasteiger partial charge in [-0.25, -0.2) is 0 Å². The molecule has 0 bridgehead atoms. The molecule has 0 aliphatic heterocycles. The number of hydrogen-bond acceptors (Lipinski definition) is 3. The fourth-order valence-corrected chi connectivity index (χ4v) is 2.75. The highest BCUT2D eigenvalue weighted by molar-refractivity contribution is 6.81. The van der Waals surface area contributed by atoms with Gasteiger partial charge in [-0.3, -0.25) is 0 Å². The van der Waals surface area contributed by atoms with Gasteiger partial charge in [-0.15, -0.1) is 0 Å². The molecule has 0 aromatic carbocycles. The molecule has 0 heterocycles. The van der Waals surface area contributed by atoms with Crippen LogP contribution in [0.5, 0.6) is 0 Å². The molecule has 0 amide bonds. The minimum absolute atomic E-state index is 0.472. The van der Waals surface area contributed by atoms with Crippen molar-refractivity contribution >= 4 is 14.4 Å². The van der Waals surface area contributed by atoms with Gasteiger partial charge in [0.05, 0.1) is 14.2 Å². The van der Waals surface area contributed by atoms with Crippen LogP contribution in [0.4, 0.5) is 0 Å². The summed E-state index contributed by atoms with van der Waals surface area (Å²) in [5.41, 5.74) is 0. The van der Waals surface area contributed by atoms with Gasteiger partial charge >= 0.3 is 0 Å². The summed E-state index contributed by atoms with van der Waals surface area (Å²) in [6.45, 7) is 7.54. The molecule has 0 aliphatic carbocycles. The molecule has 0 radical (unpaired) electrons. The number of carbonyl (C=O) groups is 1. The summed E-state index contributed by atoms with van der Waals surface area (Å²) in [6, 6.07) is 0. The number of aldehydes is 1. The SMILES string of the molecule is CCCC(O)C(O)(C=O)[Si](C)(C)C. The van der Waals surface area contributed by atoms with Crippen LogP contribution in [0.2, 0.25) is 19.6 Å². The van der Waals surface area contributed by atoms with Crippen molar-refractivity contribution in [2.24, 2.45) is 0 Å². The van der Waals surface area contributed by atoms with Crippen LogP contribution in [0.3, 0.4) is 0 Å². The second-order valence-corrected chi connectivity index (χ2v) is 9.80. The Labute approximate surface area is 80.8 Å². The van der Waals surface area contributed by atoms with Crippen LogP contribution in [0, 0.1) is 0 Å². The molecule has 3 nitrogen and oxygen atoms in total. The summed E-state index contributed by atoms with van der Waals surface area (Å²) in [6.07, 6.45) is 0.836. The van der Waals surface area contributed by atoms with Crippen molar-refractivity contribution < 1.29 is 15.0 Å². The predicted molar refractivity (Wildman–Crippen MR) is 55.3 cm³/mol. The summed E-state index contributed by atoms with van der Waals surface area (Å²) < 4.78 is 0. The molecular formula is C9H20O3Si. The van der Waals surface area contributed by atoms with Crippen molar-refractivity contribution in [1.82, 2.24) is 0 Å². The Morgan fingerprint density at radius 1 is 1.46 bits per heavy atom. The maximum absolute atomic E-state index is 10.8. The molecule has 0 aromatic heterocycles. The zero-order valence-corrected chi connectivity index (χ0v) is 9.87. The highest BCUT2D eigenvalue weighted by Crippen LogP contribution is 2.24. The number of carbonyl (C=O) groups excluding carboxylic acids is 1. The molecule has 13 heavy (non-hydrogen) atoms. The first-order valence-electron chi connectivity index (χ1n) is 4.66. The quantitative estimate of drug-likeness (QED) is 0.518. The summed E-state index contributed by atoms with van der Waals surface area (Å²) in [5.74, 6) is 0. The summed E-state index contributed by atoms with van der Waals surface area (Å²) >= 11 is 0. The van der Waals surface area contributed by atoms with Gasteiger partial charge in [0.15, 0.2) is 6.29 Å². The van der Waals surface area contributed by atoms with E-state index in [1.54, 1.807) is 0 Å². The molecule has 0 aromatic rings. The zero-order valence-electron chi connectivity index (χ0n) is 8.87. The van der Waals surface area contributed by atoms with E-state index in [1.165, 1.54) is 0 Å². The summed E-state index contributed by atoms with van der Waals surface area (Å²) in [5, 5.41) is 18.2. The molecule has 0 saturated heterocycles. The third kappa shape index (κ3) is 2.62. The van der Waals surface area contributed by atoms with E-state index in [2.05, 4.69) is 0 Å². The van der Waals surface area contributed by atoms with E-state index in [9.17, 15) is 15.0 Å². The van der Waals surface area contributed by atoms with Crippen molar-refractivity contribution in [3.05, 3.63) is 0 Å². The highest BCUT2D eigenvalue weighted by atomic mass is 28.3. The molecule has 2 atom stereocenters. The minimum atomic E-state index is -2.07. The van der Waals surface area contributed by atoms with Crippen LogP contribution in [0.25, 0.3) is 0 Å². The van der Waals surface area contributed by atoms with Crippen LogP contribution in [0.1, 0.15) is 19.8 Å². The van der Waals surface area contributed by atoms with Crippen LogP contribution in [-0.4, -0.2) is 35.9 Å². The average Bonchev–Trinajstić information content (AvgIpc) is 2.01. The Kier molecular flexibility index (Phi) is 4.28. The van der Waals surface area contributed by atoms with E-state index >= 15 is 0 Å². The van der Waals surface area contributed by atoms with Crippen molar-refractivity contribution in [1.29, 1.82) is 0 Å². The molecular weight excluding hydrogens is 184 g/mol. The monoisotopic (exact) mass is 204 g/mol. The van der Waals surface area contributed by atoms with Gasteiger partial charge in [0.1, 0.15) is 5.22 Å². The topological polar surface area (TPSA) is 57.5 Å². The maximum Gasteiger partial charge on any atom is 0.150 e. The molecule has 4 heteroatoms. The molecule has 2 N–H and O–H groups in total. The van der Waals surface area contributed by atoms with Gasteiger partial charge < -0.3 is 15.0 Å². The highest BCUT2D eigenvalue weighted by Gasteiger charge is 2.47. The largest absolute Gasteiger partial charge is 0.390 e. The Hall–Kier alpha value is -0.193. The normalized spacial score (nSPS) is 19.2. The molecule has 2 unspecified atom stereocenters. The van der Waals surface area contributed by atoms with Crippen molar-refractivity contribution in [3.8, 4) is 0 Å². The van der Waals surface area contributed by atoms with E-state index in [0.29, 0.717) is 12.7 Å². The predicted octanol–water partition coefficient (Wildman–Crippen LogP) is 0.955. The van der Waals surface area contributed by atoms with Gasteiger partial charge in [-0.1, -0.05) is 33.0 Å². The number of aliphatic hydroxyl groups excluding tert-OH is 1. The first-order valence-corrected chi connectivity index (χ1v) is 8.16. The first kappa shape index (κ1) is 12.8. The van der Waals surface area contributed by atoms with E-state index < -0.39 is 19.4 Å². The molecule has 0 aliphatic rings. The second kappa shape index (κ2) is 4.35. The van der Waals surface area contributed by atoms with Crippen LogP contribution in [-0.2, 0) is 4.79 Å². The van der Waals surface area contributed by atoms with Crippen molar-refractivity contribution in [3.63, 3.8) is 0 Å². The second-order valence-electron chi connectivity index (χ2n) is 4.50. The lowest BCUT2D eigenvalue weighted by atomic mass is 10.1. The van der Waals surface area contributed by atoms with Gasteiger partial charge in [-0.2, -0.15) is 0 Å². The van der Waals surface area contributed by atoms with Gasteiger partial charge in [0.25, 0.3) is 0 Å². The molecule has 0 rings (SSSR count). The van der Waals surface area contributed by atoms with Crippen LogP contribution in [0.15, 0.2) is 0 Å². The molecule has 0 spiro atoms. The Bertz CT molecular complexity index is 176. The van der Waals surface area contributed by atoms with E-state index in [-0.39, 0.29) is 0 Å². The third-order valence-corrected chi connectivity index (χ3v) is 5.31. The van der Waals surface area contributed by atoms with E-state index in [4.69, 9.17) is 0 Å². The van der Waals surface area contributed by atoms with Crippen molar-refractivity contribution in [2.75, 3.05) is 0 Å². The fourth-order valence-electron chi connectivity index (χ4n) is 1.25. The summed E-state index contributed by atoms with van der Waals surface area (Å²) in [4.78, 5) is 10.8. The lowest BCUT2D eigenvalue weighted by Gasteiger charge is -2.37. The standard InChI is InChI=1S/C9H20O3Si/c1-5-6-8(11)9(12,7-10)13(2,3)4/h7-8,11-12H,5-6H2,1-4H3. The van der Waals surface area contributed by atoms with Crippen LogP contribution >= 0.6 is 0 Å². The third-order valence-electron chi connectivity index (χ3n) is 2.45. The Morgan fingerprint density at radius 2 is 1.92 bits per heavy atom. The fraction of sp³-hybridized carbons (Fsp3) is 0.889. The van der Waals surface area contributed by atoms with Crippen LogP contribution < -0.4 is 0 Å². The number of rotatable bonds is 5. The van der Waals surface area contributed by atoms with Gasteiger partial charge in [0.2, 0.25) is 0 Å². The smallest absolute Gasteiger partial charge is 0.150 e. The first-order chi connectivity index (χ1) is 5.79. The zero-order chi connectivity index (χ0) is 10.7. The van der Waals surface area contributed by atoms with Gasteiger partial charge in [0, 0.05) is 0 Å². The molecule has 0 saturated carbocycles. The lowest BCUT2D eigenvalue weighted by Crippen LogP contribution is -2.61. The average molecular weight is 204 g/mol.